The van der Waals surface area contributed by atoms with Gasteiger partial charge < -0.3 is 20.7 Å². The van der Waals surface area contributed by atoms with Gasteiger partial charge in [-0.15, -0.1) is 0 Å². The lowest BCUT2D eigenvalue weighted by Gasteiger charge is -2.39. The quantitative estimate of drug-likeness (QED) is 0.848. The Morgan fingerprint density at radius 2 is 1.81 bits per heavy atom. The second-order valence-electron chi connectivity index (χ2n) is 7.81. The fraction of sp³-hybridized carbons (Fsp3) is 0.619. The highest BCUT2D eigenvalue weighted by atomic mass is 16.5. The molecule has 27 heavy (non-hydrogen) atoms. The summed E-state index contributed by atoms with van der Waals surface area (Å²) in [6.07, 6.45) is 1.75. The number of amides is 2. The summed E-state index contributed by atoms with van der Waals surface area (Å²) in [7, 11) is 0. The number of para-hydroxylation sites is 1. The van der Waals surface area contributed by atoms with Crippen molar-refractivity contribution in [3.05, 3.63) is 29.8 Å². The van der Waals surface area contributed by atoms with Crippen molar-refractivity contribution in [1.82, 2.24) is 10.2 Å². The van der Waals surface area contributed by atoms with Gasteiger partial charge in [0.15, 0.2) is 0 Å². The first-order chi connectivity index (χ1) is 12.7. The molecule has 0 aromatic heterocycles. The van der Waals surface area contributed by atoms with Gasteiger partial charge in [-0.05, 0) is 39.7 Å². The van der Waals surface area contributed by atoms with Gasteiger partial charge >= 0.3 is 0 Å². The van der Waals surface area contributed by atoms with Crippen molar-refractivity contribution >= 4 is 11.8 Å². The van der Waals surface area contributed by atoms with Crippen LogP contribution in [0.2, 0.25) is 0 Å². The van der Waals surface area contributed by atoms with Crippen LogP contribution >= 0.6 is 0 Å². The number of hydrogen-bond donors (Lipinski definition) is 2. The third-order valence-electron chi connectivity index (χ3n) is 5.30. The van der Waals surface area contributed by atoms with Crippen LogP contribution < -0.4 is 15.8 Å². The molecule has 2 heterocycles. The number of nitrogens with two attached hydrogens (primary N) is 1. The van der Waals surface area contributed by atoms with Crippen molar-refractivity contribution in [2.75, 3.05) is 19.7 Å². The van der Waals surface area contributed by atoms with Gasteiger partial charge in [-0.25, -0.2) is 0 Å². The molecule has 1 atom stereocenters. The summed E-state index contributed by atoms with van der Waals surface area (Å²) in [5, 5.41) is 2.71. The van der Waals surface area contributed by atoms with Crippen molar-refractivity contribution in [2.45, 2.75) is 64.5 Å². The second-order valence-corrected chi connectivity index (χ2v) is 7.81. The number of nitrogens with zero attached hydrogens (tertiary/aromatic N) is 1. The maximum absolute atomic E-state index is 12.6. The van der Waals surface area contributed by atoms with E-state index < -0.39 is 11.6 Å². The molecule has 0 unspecified atom stereocenters. The first-order valence-corrected chi connectivity index (χ1v) is 9.84. The zero-order chi connectivity index (χ0) is 20.2. The largest absolute Gasteiger partial charge is 0.492 e. The van der Waals surface area contributed by atoms with E-state index in [0.717, 1.165) is 18.6 Å². The summed E-state index contributed by atoms with van der Waals surface area (Å²) < 4.78 is 5.85. The highest BCUT2D eigenvalue weighted by molar-refractivity contribution is 5.91. The number of likely N-dealkylation sites (tertiary alicyclic amines) is 1. The summed E-state index contributed by atoms with van der Waals surface area (Å²) in [6.45, 7) is 11.0. The van der Waals surface area contributed by atoms with Gasteiger partial charge in [0.05, 0.1) is 12.1 Å². The lowest BCUT2D eigenvalue weighted by Crippen LogP contribution is -2.57. The second kappa shape index (κ2) is 8.30. The Hall–Kier alpha value is -2.08. The third-order valence-corrected chi connectivity index (χ3v) is 5.30. The Morgan fingerprint density at radius 3 is 2.41 bits per heavy atom. The summed E-state index contributed by atoms with van der Waals surface area (Å²) in [6, 6.07) is 7.59. The predicted molar refractivity (Wildman–Crippen MR) is 107 cm³/mol. The number of benzene rings is 1. The Balaban J connectivity index is 0.00000126. The van der Waals surface area contributed by atoms with E-state index in [4.69, 9.17) is 10.5 Å². The maximum Gasteiger partial charge on any atom is 0.244 e. The summed E-state index contributed by atoms with van der Waals surface area (Å²) in [5.41, 5.74) is 6.05. The van der Waals surface area contributed by atoms with Crippen LogP contribution in [-0.2, 0) is 15.0 Å². The highest BCUT2D eigenvalue weighted by Gasteiger charge is 2.44. The molecule has 1 spiro atoms. The molecule has 150 valence electrons. The first-order valence-electron chi connectivity index (χ1n) is 9.84. The molecule has 1 fully saturated rings. The lowest BCUT2D eigenvalue weighted by molar-refractivity contribution is -0.138. The van der Waals surface area contributed by atoms with Crippen molar-refractivity contribution < 1.29 is 14.3 Å². The number of carbonyl (C=O) groups excluding carboxylic acids is 2. The van der Waals surface area contributed by atoms with E-state index in [1.807, 2.05) is 36.9 Å². The van der Waals surface area contributed by atoms with Crippen molar-refractivity contribution in [1.29, 1.82) is 0 Å². The third kappa shape index (κ3) is 4.43. The standard InChI is InChI=1S/C19H27N3O3.C2H6/c1-13(21-17(24)18(2,3)20)16(23)22-10-8-19(9-11-22)12-25-15-7-5-4-6-14(15)19;1-2/h4-7,13H,8-12,20H2,1-3H3,(H,21,24);1-2H3/t13-;/m1./s1. The number of piperidine rings is 1. The van der Waals surface area contributed by atoms with Gasteiger partial charge in [0.1, 0.15) is 11.8 Å². The monoisotopic (exact) mass is 375 g/mol. The minimum absolute atomic E-state index is 0.0130. The van der Waals surface area contributed by atoms with Gasteiger partial charge in [0.25, 0.3) is 0 Å². The molecule has 0 saturated carbocycles. The zero-order valence-corrected chi connectivity index (χ0v) is 17.2. The molecule has 6 nitrogen and oxygen atoms in total. The van der Waals surface area contributed by atoms with Crippen LogP contribution in [-0.4, -0.2) is 48.0 Å². The molecular formula is C21H33N3O3. The topological polar surface area (TPSA) is 84.7 Å². The number of fused-ring (bicyclic) bond motifs is 2. The van der Waals surface area contributed by atoms with E-state index in [-0.39, 0.29) is 17.2 Å². The molecule has 2 amide bonds. The van der Waals surface area contributed by atoms with E-state index in [1.165, 1.54) is 5.56 Å². The van der Waals surface area contributed by atoms with Crippen LogP contribution in [0.15, 0.2) is 24.3 Å². The maximum atomic E-state index is 12.6. The minimum Gasteiger partial charge on any atom is -0.492 e. The molecule has 1 aromatic rings. The zero-order valence-electron chi connectivity index (χ0n) is 17.2. The van der Waals surface area contributed by atoms with Crippen molar-refractivity contribution in [3.8, 4) is 5.75 Å². The van der Waals surface area contributed by atoms with Crippen molar-refractivity contribution in [3.63, 3.8) is 0 Å². The van der Waals surface area contributed by atoms with Gasteiger partial charge in [-0.1, -0.05) is 32.0 Å². The molecule has 0 aliphatic carbocycles. The smallest absolute Gasteiger partial charge is 0.244 e. The SMILES string of the molecule is CC.C[C@@H](NC(=O)C(C)(C)N)C(=O)N1CCC2(CC1)COc1ccccc12. The highest BCUT2D eigenvalue weighted by Crippen LogP contribution is 2.45. The van der Waals surface area contributed by atoms with Crippen LogP contribution in [0.4, 0.5) is 0 Å². The average Bonchev–Trinajstić information content (AvgIpc) is 3.01. The molecule has 6 heteroatoms. The summed E-state index contributed by atoms with van der Waals surface area (Å²) >= 11 is 0. The molecule has 0 bridgehead atoms. The summed E-state index contributed by atoms with van der Waals surface area (Å²) in [4.78, 5) is 26.5. The number of nitrogens with one attached hydrogen (secondary N) is 1. The van der Waals surface area contributed by atoms with Gasteiger partial charge in [0, 0.05) is 24.1 Å². The van der Waals surface area contributed by atoms with Crippen LogP contribution in [0.3, 0.4) is 0 Å². The molecule has 3 rings (SSSR count). The first kappa shape index (κ1) is 21.2. The Labute approximate surface area is 162 Å². The van der Waals surface area contributed by atoms with Crippen LogP contribution in [0, 0.1) is 0 Å². The van der Waals surface area contributed by atoms with E-state index in [1.54, 1.807) is 20.8 Å². The molecule has 2 aliphatic rings. The summed E-state index contributed by atoms with van der Waals surface area (Å²) in [5.74, 6) is 0.590. The van der Waals surface area contributed by atoms with E-state index in [2.05, 4.69) is 11.4 Å². The normalized spacial score (nSPS) is 18.7. The molecular weight excluding hydrogens is 342 g/mol. The number of rotatable bonds is 3. The van der Waals surface area contributed by atoms with Gasteiger partial charge in [-0.2, -0.15) is 0 Å². The van der Waals surface area contributed by atoms with Crippen LogP contribution in [0.5, 0.6) is 5.75 Å². The average molecular weight is 376 g/mol. The fourth-order valence-electron chi connectivity index (χ4n) is 3.61. The molecule has 1 saturated heterocycles. The Morgan fingerprint density at radius 1 is 1.22 bits per heavy atom. The lowest BCUT2D eigenvalue weighted by atomic mass is 9.74. The molecule has 0 radical (unpaired) electrons. The predicted octanol–water partition coefficient (Wildman–Crippen LogP) is 2.21. The van der Waals surface area contributed by atoms with E-state index in [9.17, 15) is 9.59 Å². The molecule has 1 aromatic carbocycles. The number of carbonyl (C=O) groups is 2. The van der Waals surface area contributed by atoms with Crippen LogP contribution in [0.25, 0.3) is 0 Å². The Bertz CT molecular complexity index is 673. The molecule has 2 aliphatic heterocycles. The van der Waals surface area contributed by atoms with E-state index in [0.29, 0.717) is 19.7 Å². The van der Waals surface area contributed by atoms with E-state index >= 15 is 0 Å². The van der Waals surface area contributed by atoms with Gasteiger partial charge in [0.2, 0.25) is 11.8 Å². The molecule has 3 N–H and O–H groups in total. The fourth-order valence-corrected chi connectivity index (χ4v) is 3.61. The van der Waals surface area contributed by atoms with Gasteiger partial charge in [-0.3, -0.25) is 9.59 Å². The number of ether oxygens (including phenoxy) is 1. The minimum atomic E-state index is -0.995. The van der Waals surface area contributed by atoms with Crippen LogP contribution in [0.1, 0.15) is 53.0 Å². The number of hydrogen-bond acceptors (Lipinski definition) is 4. The van der Waals surface area contributed by atoms with Crippen molar-refractivity contribution in [2.24, 2.45) is 5.73 Å². The Kier molecular flexibility index (Phi) is 6.52.